The summed E-state index contributed by atoms with van der Waals surface area (Å²) in [6.45, 7) is 28.3. The van der Waals surface area contributed by atoms with Crippen LogP contribution in [0.1, 0.15) is 172 Å². The zero-order valence-electron chi connectivity index (χ0n) is 36.5. The highest BCUT2D eigenvalue weighted by Crippen LogP contribution is 2.49. The zero-order chi connectivity index (χ0) is 39.8. The lowest BCUT2D eigenvalue weighted by molar-refractivity contribution is 0.444. The molecule has 5 aromatic carbocycles. The topological polar surface area (TPSA) is 6.48 Å². The normalized spacial score (nSPS) is 15.8. The highest BCUT2D eigenvalue weighted by atomic mass is 15.2. The van der Waals surface area contributed by atoms with Crippen molar-refractivity contribution < 1.29 is 0 Å². The fraction of sp³-hybridized carbons (Fsp3) is 0.434. The summed E-state index contributed by atoms with van der Waals surface area (Å²) >= 11 is 0. The van der Waals surface area contributed by atoms with E-state index in [0.717, 1.165) is 0 Å². The van der Waals surface area contributed by atoms with Crippen molar-refractivity contribution in [2.45, 2.75) is 150 Å². The van der Waals surface area contributed by atoms with E-state index >= 15 is 0 Å². The highest BCUT2D eigenvalue weighted by Gasteiger charge is 2.44. The Balaban J connectivity index is 1.51. The maximum atomic E-state index is 2.70. The minimum absolute atomic E-state index is 0.00556. The Kier molecular flexibility index (Phi) is 9.86. The molecule has 1 fully saturated rings. The van der Waals surface area contributed by atoms with E-state index in [0.29, 0.717) is 23.7 Å². The van der Waals surface area contributed by atoms with E-state index in [-0.39, 0.29) is 17.5 Å². The molecule has 0 radical (unpaired) electrons. The first-order valence-corrected chi connectivity index (χ1v) is 21.8. The number of rotatable bonds is 6. The van der Waals surface area contributed by atoms with Gasteiger partial charge in [0.1, 0.15) is 0 Å². The Labute approximate surface area is 339 Å². The van der Waals surface area contributed by atoms with Gasteiger partial charge in [-0.1, -0.05) is 145 Å². The van der Waals surface area contributed by atoms with Crippen molar-refractivity contribution in [3.63, 3.8) is 0 Å². The molecule has 2 heterocycles. The molecule has 0 spiro atoms. The van der Waals surface area contributed by atoms with E-state index in [4.69, 9.17) is 0 Å². The van der Waals surface area contributed by atoms with Crippen molar-refractivity contribution in [3.05, 3.63) is 124 Å². The molecule has 3 aliphatic rings. The lowest BCUT2D eigenvalue weighted by atomic mass is 9.33. The van der Waals surface area contributed by atoms with Crippen molar-refractivity contribution in [3.8, 4) is 0 Å². The van der Waals surface area contributed by atoms with Crippen LogP contribution in [0.25, 0.3) is 0 Å². The van der Waals surface area contributed by atoms with Crippen LogP contribution in [-0.2, 0) is 10.8 Å². The molecule has 0 unspecified atom stereocenters. The van der Waals surface area contributed by atoms with Gasteiger partial charge >= 0.3 is 0 Å². The second-order valence-corrected chi connectivity index (χ2v) is 20.4. The van der Waals surface area contributed by atoms with Crippen LogP contribution in [0.15, 0.2) is 91.0 Å². The van der Waals surface area contributed by atoms with Crippen LogP contribution in [0.4, 0.5) is 34.1 Å². The Hall–Kier alpha value is -4.24. The van der Waals surface area contributed by atoms with Gasteiger partial charge in [0, 0.05) is 34.1 Å². The molecule has 0 bridgehead atoms. The molecule has 1 aliphatic carbocycles. The summed E-state index contributed by atoms with van der Waals surface area (Å²) in [5.74, 6) is 1.87. The first-order valence-electron chi connectivity index (χ1n) is 21.8. The van der Waals surface area contributed by atoms with Crippen molar-refractivity contribution in [2.24, 2.45) is 0 Å². The van der Waals surface area contributed by atoms with Crippen molar-refractivity contribution >= 4 is 57.2 Å². The van der Waals surface area contributed by atoms with Gasteiger partial charge in [-0.15, -0.1) is 0 Å². The fourth-order valence-corrected chi connectivity index (χ4v) is 9.62. The molecule has 0 amide bonds. The van der Waals surface area contributed by atoms with Crippen LogP contribution in [0, 0.1) is 0 Å². The van der Waals surface area contributed by atoms with E-state index in [1.165, 1.54) is 116 Å². The number of benzene rings is 5. The predicted molar refractivity (Wildman–Crippen MR) is 246 cm³/mol. The molecule has 56 heavy (non-hydrogen) atoms. The average molecular weight is 741 g/mol. The molecule has 290 valence electrons. The van der Waals surface area contributed by atoms with Crippen LogP contribution in [0.5, 0.6) is 0 Å². The SMILES string of the molecule is CC(C)c1cccc(N2c3cc(C(C)C)ccc3B3c4ccc(C(C)C)cc4N(c4cc(C(C)(C)C)cc(C(C)(C)C)c4)c4cc(C5CCCCC5)cc2c43)c1. The summed E-state index contributed by atoms with van der Waals surface area (Å²) in [7, 11) is 0. The quantitative estimate of drug-likeness (QED) is 0.157. The molecule has 2 aliphatic heterocycles. The Bertz CT molecular complexity index is 2240. The van der Waals surface area contributed by atoms with E-state index in [9.17, 15) is 0 Å². The average Bonchev–Trinajstić information content (AvgIpc) is 3.16. The third-order valence-corrected chi connectivity index (χ3v) is 13.3. The van der Waals surface area contributed by atoms with E-state index in [2.05, 4.69) is 184 Å². The Morgan fingerprint density at radius 1 is 0.500 bits per heavy atom. The first kappa shape index (κ1) is 38.6. The molecule has 3 heteroatoms. The summed E-state index contributed by atoms with van der Waals surface area (Å²) in [6, 6.07) is 37.0. The number of nitrogens with zero attached hydrogens (tertiary/aromatic N) is 2. The van der Waals surface area contributed by atoms with Gasteiger partial charge in [-0.2, -0.15) is 0 Å². The third kappa shape index (κ3) is 6.82. The number of hydrogen-bond acceptors (Lipinski definition) is 2. The molecule has 0 N–H and O–H groups in total. The summed E-state index contributed by atoms with van der Waals surface area (Å²) in [5.41, 5.74) is 20.6. The lowest BCUT2D eigenvalue weighted by Crippen LogP contribution is -2.61. The van der Waals surface area contributed by atoms with Crippen LogP contribution >= 0.6 is 0 Å². The molecule has 5 aromatic rings. The van der Waals surface area contributed by atoms with Gasteiger partial charge in [0.25, 0.3) is 6.71 Å². The van der Waals surface area contributed by atoms with Gasteiger partial charge in [0.05, 0.1) is 0 Å². The zero-order valence-corrected chi connectivity index (χ0v) is 36.5. The molecule has 2 nitrogen and oxygen atoms in total. The largest absolute Gasteiger partial charge is 0.311 e. The summed E-state index contributed by atoms with van der Waals surface area (Å²) in [6.07, 6.45) is 6.50. The van der Waals surface area contributed by atoms with Crippen molar-refractivity contribution in [1.29, 1.82) is 0 Å². The van der Waals surface area contributed by atoms with Crippen LogP contribution in [0.3, 0.4) is 0 Å². The van der Waals surface area contributed by atoms with E-state index in [1.54, 1.807) is 0 Å². The molecule has 0 saturated heterocycles. The van der Waals surface area contributed by atoms with Gasteiger partial charge in [-0.3, -0.25) is 0 Å². The van der Waals surface area contributed by atoms with Crippen molar-refractivity contribution in [2.75, 3.05) is 9.80 Å². The summed E-state index contributed by atoms with van der Waals surface area (Å²) < 4.78 is 0. The van der Waals surface area contributed by atoms with Crippen LogP contribution in [0.2, 0.25) is 0 Å². The third-order valence-electron chi connectivity index (χ3n) is 13.3. The van der Waals surface area contributed by atoms with Gasteiger partial charge in [0.2, 0.25) is 0 Å². The summed E-state index contributed by atoms with van der Waals surface area (Å²) in [5, 5.41) is 0. The molecule has 8 rings (SSSR count). The maximum absolute atomic E-state index is 2.70. The van der Waals surface area contributed by atoms with Gasteiger partial charge in [-0.25, -0.2) is 0 Å². The second-order valence-electron chi connectivity index (χ2n) is 20.4. The lowest BCUT2D eigenvalue weighted by Gasteiger charge is -2.45. The second kappa shape index (κ2) is 14.3. The Morgan fingerprint density at radius 2 is 0.982 bits per heavy atom. The monoisotopic (exact) mass is 741 g/mol. The van der Waals surface area contributed by atoms with E-state index in [1.807, 2.05) is 0 Å². The smallest absolute Gasteiger partial charge is 0.252 e. The van der Waals surface area contributed by atoms with Gasteiger partial charge in [-0.05, 0) is 146 Å². The minimum Gasteiger partial charge on any atom is -0.311 e. The number of hydrogen-bond donors (Lipinski definition) is 0. The maximum Gasteiger partial charge on any atom is 0.252 e. The first-order chi connectivity index (χ1) is 26.5. The molecule has 0 atom stereocenters. The molecule has 1 saturated carbocycles. The fourth-order valence-electron chi connectivity index (χ4n) is 9.62. The molecular weight excluding hydrogens is 675 g/mol. The van der Waals surface area contributed by atoms with Gasteiger partial charge < -0.3 is 9.80 Å². The molecule has 0 aromatic heterocycles. The number of fused-ring (bicyclic) bond motifs is 4. The van der Waals surface area contributed by atoms with Crippen LogP contribution in [-0.4, -0.2) is 6.71 Å². The number of anilines is 6. The predicted octanol–water partition coefficient (Wildman–Crippen LogP) is 13.8. The highest BCUT2D eigenvalue weighted by molar-refractivity contribution is 7.00. The Morgan fingerprint density at radius 3 is 1.46 bits per heavy atom. The van der Waals surface area contributed by atoms with Crippen molar-refractivity contribution in [1.82, 2.24) is 0 Å². The molecular formula is C53H65BN2. The minimum atomic E-state index is 0.00556. The van der Waals surface area contributed by atoms with Crippen LogP contribution < -0.4 is 26.2 Å². The van der Waals surface area contributed by atoms with E-state index < -0.39 is 0 Å². The standard InChI is InChI=1S/C53H65BN2/c1-33(2)37-19-16-20-43(25-37)55-47-26-38(34(3)4)21-23-45(47)54-46-24-22-39(35(5)6)27-48(46)56(44-31-41(52(7,8)9)30-42(32-44)53(10,11)12)50-29-40(28-49(55)51(50)54)36-17-14-13-15-18-36/h16,19-36H,13-15,17-18H2,1-12H3. The van der Waals surface area contributed by atoms with Gasteiger partial charge in [0.15, 0.2) is 0 Å². The summed E-state index contributed by atoms with van der Waals surface area (Å²) in [4.78, 5) is 5.36.